The maximum Gasteiger partial charge on any atom is 0.165 e. The van der Waals surface area contributed by atoms with Crippen LogP contribution in [0.25, 0.3) is 103 Å². The number of fused-ring (bicyclic) bond motifs is 9. The van der Waals surface area contributed by atoms with Gasteiger partial charge in [-0.2, -0.15) is 0 Å². The van der Waals surface area contributed by atoms with Gasteiger partial charge in [0.1, 0.15) is 0 Å². The van der Waals surface area contributed by atoms with E-state index in [0.717, 1.165) is 38.0 Å². The van der Waals surface area contributed by atoms with Crippen molar-refractivity contribution in [1.29, 1.82) is 0 Å². The molecule has 0 bridgehead atoms. The van der Waals surface area contributed by atoms with Crippen LogP contribution in [0.2, 0.25) is 0 Å². The van der Waals surface area contributed by atoms with Gasteiger partial charge in [-0.05, 0) is 57.9 Å². The van der Waals surface area contributed by atoms with Gasteiger partial charge in [-0.1, -0.05) is 133 Å². The Morgan fingerprint density at radius 1 is 0.404 bits per heavy atom. The van der Waals surface area contributed by atoms with Gasteiger partial charge in [0.15, 0.2) is 17.5 Å². The van der Waals surface area contributed by atoms with Crippen LogP contribution in [0.15, 0.2) is 170 Å². The zero-order valence-corrected chi connectivity index (χ0v) is 28.7. The van der Waals surface area contributed by atoms with E-state index < -0.39 is 0 Å². The molecule has 0 amide bonds. The Labute approximate surface area is 302 Å². The van der Waals surface area contributed by atoms with Crippen molar-refractivity contribution in [3.05, 3.63) is 170 Å². The van der Waals surface area contributed by atoms with E-state index in [-0.39, 0.29) is 0 Å². The molecule has 0 unspecified atom stereocenters. The lowest BCUT2D eigenvalue weighted by atomic mass is 10.0. The van der Waals surface area contributed by atoms with Crippen LogP contribution in [0.5, 0.6) is 0 Å². The highest BCUT2D eigenvalue weighted by molar-refractivity contribution is 7.26. The van der Waals surface area contributed by atoms with Crippen molar-refractivity contribution in [2.24, 2.45) is 0 Å². The summed E-state index contributed by atoms with van der Waals surface area (Å²) in [7, 11) is 0. The number of thiophene rings is 1. The van der Waals surface area contributed by atoms with Gasteiger partial charge in [0.25, 0.3) is 0 Å². The van der Waals surface area contributed by atoms with E-state index in [0.29, 0.717) is 17.5 Å². The summed E-state index contributed by atoms with van der Waals surface area (Å²) in [6.07, 6.45) is 0. The molecule has 0 aliphatic rings. The third-order valence-electron chi connectivity index (χ3n) is 10.2. The van der Waals surface area contributed by atoms with E-state index in [1.165, 1.54) is 47.9 Å². The molecule has 0 N–H and O–H groups in total. The minimum absolute atomic E-state index is 0.650. The number of hydrogen-bond acceptors (Lipinski definition) is 4. The number of benzene rings is 8. The van der Waals surface area contributed by atoms with Gasteiger partial charge in [0.2, 0.25) is 0 Å². The van der Waals surface area contributed by atoms with Gasteiger partial charge >= 0.3 is 0 Å². The second-order valence-corrected chi connectivity index (χ2v) is 14.3. The highest BCUT2D eigenvalue weighted by Gasteiger charge is 2.21. The molecule has 5 heteroatoms. The highest BCUT2D eigenvalue weighted by atomic mass is 32.1. The van der Waals surface area contributed by atoms with E-state index in [1.54, 1.807) is 11.3 Å². The molecule has 8 aromatic carbocycles. The Balaban J connectivity index is 1.24. The molecule has 11 aromatic rings. The molecule has 0 saturated heterocycles. The van der Waals surface area contributed by atoms with Crippen molar-refractivity contribution in [2.45, 2.75) is 0 Å². The monoisotopic (exact) mass is 680 g/mol. The van der Waals surface area contributed by atoms with E-state index in [1.807, 2.05) is 18.2 Å². The summed E-state index contributed by atoms with van der Waals surface area (Å²) < 4.78 is 4.80. The Morgan fingerprint density at radius 3 is 1.92 bits per heavy atom. The summed E-state index contributed by atoms with van der Waals surface area (Å²) in [6, 6.07) is 60.3. The molecule has 4 nitrogen and oxygen atoms in total. The molecule has 0 aliphatic carbocycles. The number of hydrogen-bond donors (Lipinski definition) is 0. The second kappa shape index (κ2) is 11.4. The largest absolute Gasteiger partial charge is 0.309 e. The molecule has 242 valence electrons. The van der Waals surface area contributed by atoms with Crippen molar-refractivity contribution in [3.8, 4) is 39.9 Å². The van der Waals surface area contributed by atoms with Crippen LogP contribution < -0.4 is 0 Å². The van der Waals surface area contributed by atoms with Crippen LogP contribution in [0.3, 0.4) is 0 Å². The molecule has 3 aromatic heterocycles. The molecule has 0 saturated carbocycles. The van der Waals surface area contributed by atoms with Gasteiger partial charge in [-0.15, -0.1) is 11.3 Å². The van der Waals surface area contributed by atoms with E-state index in [2.05, 4.69) is 156 Å². The normalized spacial score (nSPS) is 11.8. The fourth-order valence-electron chi connectivity index (χ4n) is 7.79. The van der Waals surface area contributed by atoms with Crippen LogP contribution in [0.4, 0.5) is 0 Å². The summed E-state index contributed by atoms with van der Waals surface area (Å²) in [4.78, 5) is 15.6. The Kier molecular flexibility index (Phi) is 6.39. The molecule has 0 spiro atoms. The van der Waals surface area contributed by atoms with Gasteiger partial charge in [0.05, 0.1) is 11.0 Å². The maximum absolute atomic E-state index is 5.29. The van der Waals surface area contributed by atoms with Gasteiger partial charge in [0, 0.05) is 53.3 Å². The van der Waals surface area contributed by atoms with Gasteiger partial charge < -0.3 is 4.57 Å². The summed E-state index contributed by atoms with van der Waals surface area (Å²) in [6.45, 7) is 0. The zero-order chi connectivity index (χ0) is 34.2. The third-order valence-corrected chi connectivity index (χ3v) is 11.4. The number of aromatic nitrogens is 4. The number of rotatable bonds is 4. The van der Waals surface area contributed by atoms with Crippen molar-refractivity contribution in [2.75, 3.05) is 0 Å². The molecule has 0 radical (unpaired) electrons. The summed E-state index contributed by atoms with van der Waals surface area (Å²) in [5.41, 5.74) is 6.30. The lowest BCUT2D eigenvalue weighted by Gasteiger charge is -2.13. The van der Waals surface area contributed by atoms with Crippen LogP contribution >= 0.6 is 11.3 Å². The Morgan fingerprint density at radius 2 is 1.06 bits per heavy atom. The molecular formula is C47H28N4S. The van der Waals surface area contributed by atoms with Crippen LogP contribution in [0, 0.1) is 0 Å². The SMILES string of the molecule is c1ccc(-c2nc(-c3ccc4ccccc4c3)nc(-c3cc(-n4c5ccccc5c5c6ccccc6ccc54)cc4c3sc3ccccc34)n2)cc1. The van der Waals surface area contributed by atoms with E-state index in [9.17, 15) is 0 Å². The minimum atomic E-state index is 0.650. The summed E-state index contributed by atoms with van der Waals surface area (Å²) in [5.74, 6) is 1.95. The lowest BCUT2D eigenvalue weighted by Crippen LogP contribution is -2.01. The summed E-state index contributed by atoms with van der Waals surface area (Å²) >= 11 is 1.79. The molecule has 0 fully saturated rings. The second-order valence-electron chi connectivity index (χ2n) is 13.2. The van der Waals surface area contributed by atoms with Crippen LogP contribution in [-0.4, -0.2) is 19.5 Å². The fraction of sp³-hybridized carbons (Fsp3) is 0. The van der Waals surface area contributed by atoms with Crippen molar-refractivity contribution >= 4 is 74.9 Å². The molecule has 0 atom stereocenters. The van der Waals surface area contributed by atoms with Crippen LogP contribution in [0.1, 0.15) is 0 Å². The average Bonchev–Trinajstić information content (AvgIpc) is 3.76. The Hall–Kier alpha value is -6.69. The van der Waals surface area contributed by atoms with Gasteiger partial charge in [-0.25, -0.2) is 15.0 Å². The summed E-state index contributed by atoms with van der Waals surface area (Å²) in [5, 5.41) is 9.72. The smallest absolute Gasteiger partial charge is 0.165 e. The zero-order valence-electron chi connectivity index (χ0n) is 27.9. The standard InChI is InChI=1S/C47H28N4S/c1-2-14-31(15-3-1)45-48-46(33-23-22-29-12-4-5-16-32(29)26-33)50-47(49-45)39-28-34(27-38-36-18-9-11-21-42(36)52-44(38)39)51-40-20-10-8-19-37(40)43-35-17-7-6-13-30(35)24-25-41(43)51/h1-28H. The first-order valence-corrected chi connectivity index (χ1v) is 18.3. The first kappa shape index (κ1) is 29.1. The predicted molar refractivity (Wildman–Crippen MR) is 218 cm³/mol. The quantitative estimate of drug-likeness (QED) is 0.186. The van der Waals surface area contributed by atoms with Crippen molar-refractivity contribution in [1.82, 2.24) is 19.5 Å². The average molecular weight is 681 g/mol. The topological polar surface area (TPSA) is 43.6 Å². The van der Waals surface area contributed by atoms with Crippen molar-refractivity contribution in [3.63, 3.8) is 0 Å². The van der Waals surface area contributed by atoms with E-state index in [4.69, 9.17) is 15.0 Å². The fourth-order valence-corrected chi connectivity index (χ4v) is 8.99. The molecule has 11 rings (SSSR count). The molecule has 3 heterocycles. The molecular weight excluding hydrogens is 653 g/mol. The Bertz CT molecular complexity index is 3190. The lowest BCUT2D eigenvalue weighted by molar-refractivity contribution is 1.08. The molecule has 0 aliphatic heterocycles. The number of para-hydroxylation sites is 1. The first-order chi connectivity index (χ1) is 25.8. The third kappa shape index (κ3) is 4.50. The molecule has 52 heavy (non-hydrogen) atoms. The van der Waals surface area contributed by atoms with E-state index >= 15 is 0 Å². The predicted octanol–water partition coefficient (Wildman–Crippen LogP) is 12.6. The van der Waals surface area contributed by atoms with Gasteiger partial charge in [-0.3, -0.25) is 0 Å². The van der Waals surface area contributed by atoms with Crippen LogP contribution in [-0.2, 0) is 0 Å². The highest BCUT2D eigenvalue weighted by Crippen LogP contribution is 2.44. The van der Waals surface area contributed by atoms with Crippen molar-refractivity contribution < 1.29 is 0 Å². The first-order valence-electron chi connectivity index (χ1n) is 17.4. The maximum atomic E-state index is 5.29. The minimum Gasteiger partial charge on any atom is -0.309 e. The number of nitrogens with zero attached hydrogens (tertiary/aromatic N) is 4.